The van der Waals surface area contributed by atoms with Crippen LogP contribution in [0.5, 0.6) is 0 Å². The largest absolute Gasteiger partial charge is 0.391 e. The normalized spacial score (nSPS) is 20.4. The zero-order valence-corrected chi connectivity index (χ0v) is 30.2. The molecule has 0 radical (unpaired) electrons. The number of halogens is 2. The van der Waals surface area contributed by atoms with Crippen LogP contribution in [-0.4, -0.2) is 78.4 Å². The molecule has 3 aromatic carbocycles. The number of hydrogen-bond donors (Lipinski definition) is 1. The molecule has 2 aliphatic heterocycles. The van der Waals surface area contributed by atoms with E-state index in [9.17, 15) is 14.3 Å². The first-order valence-electron chi connectivity index (χ1n) is 17.9. The highest BCUT2D eigenvalue weighted by atomic mass is 32.2. The number of rotatable bonds is 13. The number of aryl methyl sites for hydroxylation is 1. The third-order valence-corrected chi connectivity index (χ3v) is 11.4. The van der Waals surface area contributed by atoms with E-state index in [4.69, 9.17) is 4.74 Å². The Morgan fingerprint density at radius 1 is 0.942 bits per heavy atom. The fourth-order valence-corrected chi connectivity index (χ4v) is 8.34. The van der Waals surface area contributed by atoms with Crippen molar-refractivity contribution >= 4 is 23.1 Å². The minimum Gasteiger partial charge on any atom is -0.391 e. The van der Waals surface area contributed by atoms with Crippen molar-refractivity contribution in [3.63, 3.8) is 0 Å². The maximum atomic E-state index is 15.0. The predicted octanol–water partition coefficient (Wildman–Crippen LogP) is 5.82. The molecule has 52 heavy (non-hydrogen) atoms. The molecule has 0 bridgehead atoms. The van der Waals surface area contributed by atoms with Crippen molar-refractivity contribution in [2.75, 3.05) is 41.7 Å². The lowest BCUT2D eigenvalue weighted by atomic mass is 9.87. The van der Waals surface area contributed by atoms with Crippen molar-refractivity contribution in [3.05, 3.63) is 113 Å². The number of hydrogen-bond acceptors (Lipinski definition) is 9. The van der Waals surface area contributed by atoms with Crippen LogP contribution in [0.4, 0.5) is 20.2 Å². The van der Waals surface area contributed by atoms with Crippen molar-refractivity contribution in [1.82, 2.24) is 29.1 Å². The summed E-state index contributed by atoms with van der Waals surface area (Å²) in [6.45, 7) is 7.61. The van der Waals surface area contributed by atoms with E-state index in [-0.39, 0.29) is 17.8 Å². The van der Waals surface area contributed by atoms with E-state index >= 15 is 4.39 Å². The Morgan fingerprint density at radius 3 is 2.23 bits per heavy atom. The van der Waals surface area contributed by atoms with Gasteiger partial charge >= 0.3 is 5.69 Å². The van der Waals surface area contributed by atoms with E-state index in [0.29, 0.717) is 31.4 Å². The van der Waals surface area contributed by atoms with E-state index in [1.165, 1.54) is 39.7 Å². The minimum absolute atomic E-state index is 0.0748. The molecule has 2 aliphatic rings. The molecule has 2 fully saturated rings. The lowest BCUT2D eigenvalue weighted by Gasteiger charge is -2.37. The summed E-state index contributed by atoms with van der Waals surface area (Å²) in [6.07, 6.45) is 6.40. The standard InChI is InChI=1S/C38H44F2N8O3S/c1-3-36(27(2)49)48-37(50)47(26-43-48)31-7-5-29(6-8-31)44-18-20-45(21-19-44)30-9-11-33(12-10-30)52-23-32-14-15-38(51-32,16-17-46-25-41-24-42-46)34-13-4-28(39)22-35(34)40/h4-13,22,24-27,32,36,49H,3,14-21,23H2,1-2H3. The average Bonchev–Trinajstić information content (AvgIpc) is 3.92. The van der Waals surface area contributed by atoms with Gasteiger partial charge in [-0.2, -0.15) is 10.2 Å². The average molecular weight is 731 g/mol. The Bertz CT molecular complexity index is 1980. The van der Waals surface area contributed by atoms with Gasteiger partial charge in [-0.3, -0.25) is 4.68 Å². The second kappa shape index (κ2) is 15.6. The molecule has 0 saturated carbocycles. The molecule has 1 N–H and O–H groups in total. The number of nitrogens with zero attached hydrogens (tertiary/aromatic N) is 8. The first-order valence-corrected chi connectivity index (χ1v) is 18.8. The van der Waals surface area contributed by atoms with E-state index in [2.05, 4.69) is 49.2 Å². The molecule has 4 heterocycles. The minimum atomic E-state index is -0.856. The number of benzene rings is 3. The zero-order chi connectivity index (χ0) is 36.2. The van der Waals surface area contributed by atoms with Gasteiger partial charge in [0, 0.05) is 72.8 Å². The molecule has 4 unspecified atom stereocenters. The first kappa shape index (κ1) is 35.9. The van der Waals surface area contributed by atoms with Gasteiger partial charge in [-0.25, -0.2) is 27.8 Å². The second-order valence-corrected chi connectivity index (χ2v) is 14.6. The zero-order valence-electron chi connectivity index (χ0n) is 29.4. The van der Waals surface area contributed by atoms with Gasteiger partial charge in [-0.15, -0.1) is 11.8 Å². The topological polar surface area (TPSA) is 106 Å². The number of aromatic nitrogens is 6. The van der Waals surface area contributed by atoms with Crippen LogP contribution in [0.2, 0.25) is 0 Å². The lowest BCUT2D eigenvalue weighted by molar-refractivity contribution is -0.0481. The highest BCUT2D eigenvalue weighted by Gasteiger charge is 2.43. The predicted molar refractivity (Wildman–Crippen MR) is 197 cm³/mol. The fraction of sp³-hybridized carbons (Fsp3) is 0.421. The van der Waals surface area contributed by atoms with Crippen LogP contribution < -0.4 is 15.5 Å². The molecule has 14 heteroatoms. The highest BCUT2D eigenvalue weighted by Crippen LogP contribution is 2.45. The molecule has 0 spiro atoms. The van der Waals surface area contributed by atoms with Gasteiger partial charge in [0.15, 0.2) is 0 Å². The molecule has 11 nitrogen and oxygen atoms in total. The smallest absolute Gasteiger partial charge is 0.350 e. The summed E-state index contributed by atoms with van der Waals surface area (Å²) < 4.78 is 40.0. The van der Waals surface area contributed by atoms with Crippen LogP contribution in [0.1, 0.15) is 51.1 Å². The molecule has 2 saturated heterocycles. The quantitative estimate of drug-likeness (QED) is 0.150. The van der Waals surface area contributed by atoms with Crippen LogP contribution in [0.3, 0.4) is 0 Å². The third-order valence-electron chi connectivity index (χ3n) is 10.3. The summed E-state index contributed by atoms with van der Waals surface area (Å²) in [6, 6.07) is 19.9. The van der Waals surface area contributed by atoms with Gasteiger partial charge in [-0.05, 0) is 80.8 Å². The van der Waals surface area contributed by atoms with Crippen LogP contribution in [0, 0.1) is 11.6 Å². The van der Waals surface area contributed by atoms with Crippen molar-refractivity contribution < 1.29 is 18.6 Å². The summed E-state index contributed by atoms with van der Waals surface area (Å²) >= 11 is 1.72. The van der Waals surface area contributed by atoms with Crippen LogP contribution >= 0.6 is 11.8 Å². The number of anilines is 2. The molecule has 7 rings (SSSR count). The van der Waals surface area contributed by atoms with Crippen LogP contribution in [0.25, 0.3) is 5.69 Å². The number of ether oxygens (including phenoxy) is 1. The molecule has 5 aromatic rings. The Balaban J connectivity index is 0.918. The summed E-state index contributed by atoms with van der Waals surface area (Å²) in [5.41, 5.74) is 2.29. The van der Waals surface area contributed by atoms with E-state index < -0.39 is 23.3 Å². The highest BCUT2D eigenvalue weighted by molar-refractivity contribution is 7.99. The summed E-state index contributed by atoms with van der Waals surface area (Å²) in [7, 11) is 0. The monoisotopic (exact) mass is 730 g/mol. The van der Waals surface area contributed by atoms with Crippen molar-refractivity contribution in [1.29, 1.82) is 0 Å². The summed E-state index contributed by atoms with van der Waals surface area (Å²) in [4.78, 5) is 22.9. The van der Waals surface area contributed by atoms with E-state index in [1.807, 2.05) is 31.2 Å². The van der Waals surface area contributed by atoms with Gasteiger partial charge in [-0.1, -0.05) is 13.0 Å². The molecule has 2 aromatic heterocycles. The van der Waals surface area contributed by atoms with Gasteiger partial charge in [0.25, 0.3) is 0 Å². The Hall–Kier alpha value is -4.53. The van der Waals surface area contributed by atoms with Crippen molar-refractivity contribution in [2.24, 2.45) is 0 Å². The Labute approximate surface area is 305 Å². The van der Waals surface area contributed by atoms with Crippen molar-refractivity contribution in [3.8, 4) is 5.69 Å². The van der Waals surface area contributed by atoms with Gasteiger partial charge in [0.2, 0.25) is 0 Å². The fourth-order valence-electron chi connectivity index (χ4n) is 7.40. The molecule has 0 aliphatic carbocycles. The van der Waals surface area contributed by atoms with E-state index in [1.54, 1.807) is 29.7 Å². The van der Waals surface area contributed by atoms with Gasteiger partial charge in [0.1, 0.15) is 30.6 Å². The van der Waals surface area contributed by atoms with E-state index in [0.717, 1.165) is 60.7 Å². The summed E-state index contributed by atoms with van der Waals surface area (Å²) in [5, 5.41) is 18.5. The number of thioether (sulfide) groups is 1. The van der Waals surface area contributed by atoms with Gasteiger partial charge < -0.3 is 19.6 Å². The number of piperazine rings is 1. The molecular weight excluding hydrogens is 687 g/mol. The second-order valence-electron chi connectivity index (χ2n) is 13.5. The molecule has 274 valence electrons. The third kappa shape index (κ3) is 7.64. The SMILES string of the molecule is CCC(C(C)O)n1ncn(-c2ccc(N3CCN(c4ccc(SCC5CCC(CCn6cncn6)(c6ccc(F)cc6F)O5)cc4)CC3)cc2)c1=O. The van der Waals surface area contributed by atoms with Crippen LogP contribution in [-0.2, 0) is 16.9 Å². The number of aliphatic hydroxyl groups is 1. The van der Waals surface area contributed by atoms with Crippen molar-refractivity contribution in [2.45, 2.75) is 74.8 Å². The van der Waals surface area contributed by atoms with Gasteiger partial charge in [0.05, 0.1) is 29.5 Å². The Morgan fingerprint density at radius 2 is 1.62 bits per heavy atom. The Kier molecular flexibility index (Phi) is 10.8. The van der Waals surface area contributed by atoms with Crippen LogP contribution in [0.15, 0.2) is 95.4 Å². The summed E-state index contributed by atoms with van der Waals surface area (Å²) in [5.74, 6) is -0.462. The lowest BCUT2D eigenvalue weighted by Crippen LogP contribution is -2.46. The maximum Gasteiger partial charge on any atom is 0.350 e. The molecule has 4 atom stereocenters. The first-order chi connectivity index (χ1) is 25.2. The maximum absolute atomic E-state index is 15.0. The molecule has 0 amide bonds. The number of aliphatic hydroxyl groups excluding tert-OH is 1. The molecular formula is C38H44F2N8O3S.